The molecule has 1 N–H and O–H groups in total. The van der Waals surface area contributed by atoms with Gasteiger partial charge in [-0.2, -0.15) is 4.39 Å². The van der Waals surface area contributed by atoms with Crippen molar-refractivity contribution in [3.05, 3.63) is 46.6 Å². The van der Waals surface area contributed by atoms with Gasteiger partial charge < -0.3 is 9.80 Å². The first-order valence-electron chi connectivity index (χ1n) is 10.1. The van der Waals surface area contributed by atoms with Crippen LogP contribution < -0.4 is 9.62 Å². The summed E-state index contributed by atoms with van der Waals surface area (Å²) in [7, 11) is -0.243. The molecule has 2 fully saturated rings. The zero-order valence-electron chi connectivity index (χ0n) is 17.6. The molecule has 1 aromatic carbocycles. The van der Waals surface area contributed by atoms with Crippen LogP contribution in [0.2, 0.25) is 5.02 Å². The Bertz CT molecular complexity index is 1130. The third-order valence-electron chi connectivity index (χ3n) is 6.59. The quantitative estimate of drug-likeness (QED) is 0.668. The number of nitrogens with one attached hydrogen (secondary N) is 1. The highest BCUT2D eigenvalue weighted by molar-refractivity contribution is 7.92. The van der Waals surface area contributed by atoms with Crippen molar-refractivity contribution in [1.82, 2.24) is 9.88 Å². The van der Waals surface area contributed by atoms with Crippen molar-refractivity contribution < 1.29 is 17.2 Å². The lowest BCUT2D eigenvalue weighted by atomic mass is 9.63. The summed E-state index contributed by atoms with van der Waals surface area (Å²) in [4.78, 5) is 7.14. The maximum atomic E-state index is 15.3. The molecular weight excluding hydrogens is 446 g/mol. The van der Waals surface area contributed by atoms with Crippen LogP contribution in [-0.4, -0.2) is 51.5 Å². The average Bonchev–Trinajstić information content (AvgIpc) is 3.10. The van der Waals surface area contributed by atoms with E-state index < -0.39 is 26.7 Å². The van der Waals surface area contributed by atoms with E-state index in [1.54, 1.807) is 6.92 Å². The first kappa shape index (κ1) is 22.2. The average molecular weight is 471 g/mol. The van der Waals surface area contributed by atoms with E-state index >= 15 is 4.39 Å². The maximum Gasteiger partial charge on any atom is 0.267 e. The SMILES string of the molecule is Cc1c(N2CC[C@@]3(CC[C@H]3N(C)C)C2)cc(Cl)c(S(=O)(=O)Nc2cccc(F)n2)c1F. The summed E-state index contributed by atoms with van der Waals surface area (Å²) < 4.78 is 56.3. The van der Waals surface area contributed by atoms with Gasteiger partial charge in [-0.25, -0.2) is 17.8 Å². The maximum absolute atomic E-state index is 15.3. The zero-order valence-corrected chi connectivity index (χ0v) is 19.2. The molecule has 2 aliphatic rings. The smallest absolute Gasteiger partial charge is 0.267 e. The molecule has 1 aliphatic carbocycles. The number of sulfonamides is 1. The van der Waals surface area contributed by atoms with Gasteiger partial charge in [0.05, 0.1) is 5.02 Å². The van der Waals surface area contributed by atoms with Crippen molar-refractivity contribution in [2.75, 3.05) is 36.8 Å². The van der Waals surface area contributed by atoms with Crippen LogP contribution >= 0.6 is 11.6 Å². The van der Waals surface area contributed by atoms with Crippen LogP contribution in [0.1, 0.15) is 24.8 Å². The fourth-order valence-corrected chi connectivity index (χ4v) is 6.66. The van der Waals surface area contributed by atoms with E-state index in [4.69, 9.17) is 11.6 Å². The molecule has 2 heterocycles. The second-order valence-corrected chi connectivity index (χ2v) is 10.7. The van der Waals surface area contributed by atoms with Crippen LogP contribution in [0.25, 0.3) is 0 Å². The lowest BCUT2D eigenvalue weighted by Crippen LogP contribution is -2.54. The molecule has 4 rings (SSSR count). The molecular formula is C21H25ClF2N4O2S. The Morgan fingerprint density at radius 3 is 2.65 bits per heavy atom. The van der Waals surface area contributed by atoms with E-state index in [2.05, 4.69) is 33.6 Å². The third kappa shape index (κ3) is 3.87. The second kappa shape index (κ2) is 7.86. The molecule has 1 aliphatic heterocycles. The van der Waals surface area contributed by atoms with Crippen LogP contribution in [0.15, 0.2) is 29.2 Å². The molecule has 0 radical (unpaired) electrons. The normalized spacial score (nSPS) is 23.5. The number of aromatic nitrogens is 1. The topological polar surface area (TPSA) is 65.5 Å². The summed E-state index contributed by atoms with van der Waals surface area (Å²) in [6.07, 6.45) is 3.27. The van der Waals surface area contributed by atoms with Crippen molar-refractivity contribution in [1.29, 1.82) is 0 Å². The minimum Gasteiger partial charge on any atom is -0.371 e. The van der Waals surface area contributed by atoms with Crippen molar-refractivity contribution in [3.8, 4) is 0 Å². The van der Waals surface area contributed by atoms with Crippen molar-refractivity contribution in [3.63, 3.8) is 0 Å². The Labute approximate surface area is 186 Å². The van der Waals surface area contributed by atoms with Gasteiger partial charge in [-0.1, -0.05) is 17.7 Å². The van der Waals surface area contributed by atoms with Gasteiger partial charge in [-0.15, -0.1) is 0 Å². The zero-order chi connectivity index (χ0) is 22.6. The van der Waals surface area contributed by atoms with Crippen LogP contribution in [0.5, 0.6) is 0 Å². The predicted molar refractivity (Wildman–Crippen MR) is 117 cm³/mol. The minimum absolute atomic E-state index is 0.175. The molecule has 168 valence electrons. The third-order valence-corrected chi connectivity index (χ3v) is 8.41. The number of hydrogen-bond donors (Lipinski definition) is 1. The van der Waals surface area contributed by atoms with Gasteiger partial charge in [0, 0.05) is 35.8 Å². The van der Waals surface area contributed by atoms with Crippen molar-refractivity contribution in [2.45, 2.75) is 37.1 Å². The molecule has 1 aromatic heterocycles. The lowest BCUT2D eigenvalue weighted by Gasteiger charge is -2.50. The molecule has 1 saturated carbocycles. The number of anilines is 2. The van der Waals surface area contributed by atoms with Crippen LogP contribution in [0, 0.1) is 24.1 Å². The summed E-state index contributed by atoms with van der Waals surface area (Å²) in [5.74, 6) is -2.02. The van der Waals surface area contributed by atoms with E-state index in [1.807, 2.05) is 0 Å². The number of pyridine rings is 1. The molecule has 1 saturated heterocycles. The Balaban J connectivity index is 1.64. The molecule has 0 unspecified atom stereocenters. The first-order valence-corrected chi connectivity index (χ1v) is 12.0. The van der Waals surface area contributed by atoms with Gasteiger partial charge >= 0.3 is 0 Å². The predicted octanol–water partition coefficient (Wildman–Crippen LogP) is 4.04. The molecule has 2 aromatic rings. The van der Waals surface area contributed by atoms with E-state index in [0.717, 1.165) is 38.4 Å². The Kier molecular flexibility index (Phi) is 5.64. The first-order chi connectivity index (χ1) is 14.5. The highest BCUT2D eigenvalue weighted by Gasteiger charge is 2.51. The number of nitrogens with zero attached hydrogens (tertiary/aromatic N) is 3. The monoisotopic (exact) mass is 470 g/mol. The summed E-state index contributed by atoms with van der Waals surface area (Å²) in [5, 5.41) is -0.222. The van der Waals surface area contributed by atoms with E-state index in [9.17, 15) is 12.8 Å². The largest absolute Gasteiger partial charge is 0.371 e. The molecule has 1 spiro atoms. The molecule has 10 heteroatoms. The van der Waals surface area contributed by atoms with E-state index in [1.165, 1.54) is 18.2 Å². The number of benzene rings is 1. The Morgan fingerprint density at radius 2 is 2.03 bits per heavy atom. The van der Waals surface area contributed by atoms with Crippen LogP contribution in [0.3, 0.4) is 0 Å². The summed E-state index contributed by atoms with van der Waals surface area (Å²) in [6, 6.07) is 5.65. The summed E-state index contributed by atoms with van der Waals surface area (Å²) in [5.41, 5.74) is 0.996. The molecule has 0 bridgehead atoms. The number of halogens is 3. The number of rotatable bonds is 5. The Morgan fingerprint density at radius 1 is 1.29 bits per heavy atom. The van der Waals surface area contributed by atoms with Crippen molar-refractivity contribution in [2.24, 2.45) is 5.41 Å². The van der Waals surface area contributed by atoms with Gasteiger partial charge in [-0.3, -0.25) is 4.72 Å². The summed E-state index contributed by atoms with van der Waals surface area (Å²) in [6.45, 7) is 3.10. The lowest BCUT2D eigenvalue weighted by molar-refractivity contribution is 0.0177. The van der Waals surface area contributed by atoms with Gasteiger partial charge in [0.2, 0.25) is 5.95 Å². The highest BCUT2D eigenvalue weighted by atomic mass is 35.5. The molecule has 0 amide bonds. The highest BCUT2D eigenvalue weighted by Crippen LogP contribution is 2.51. The van der Waals surface area contributed by atoms with Gasteiger partial charge in [0.1, 0.15) is 16.5 Å². The second-order valence-electron chi connectivity index (χ2n) is 8.65. The standard InChI is InChI=1S/C21H25ClF2N4O2S/c1-13-15(28-10-9-21(12-28)8-7-16(21)27(2)3)11-14(22)20(19(13)24)31(29,30)26-18-6-4-5-17(23)25-18/h4-6,11,16H,7-10,12H2,1-3H3,(H,25,26)/t16-,21+/m1/s1. The van der Waals surface area contributed by atoms with Crippen LogP contribution in [-0.2, 0) is 10.0 Å². The Hall–Kier alpha value is -1.97. The van der Waals surface area contributed by atoms with Crippen molar-refractivity contribution >= 4 is 33.1 Å². The fourth-order valence-electron chi connectivity index (χ4n) is 4.98. The molecule has 6 nitrogen and oxygen atoms in total. The van der Waals surface area contributed by atoms with Gasteiger partial charge in [0.15, 0.2) is 0 Å². The molecule has 31 heavy (non-hydrogen) atoms. The van der Waals surface area contributed by atoms with E-state index in [-0.39, 0.29) is 21.8 Å². The van der Waals surface area contributed by atoms with E-state index in [0.29, 0.717) is 11.7 Å². The summed E-state index contributed by atoms with van der Waals surface area (Å²) >= 11 is 6.28. The van der Waals surface area contributed by atoms with Crippen LogP contribution in [0.4, 0.5) is 20.3 Å². The fraction of sp³-hybridized carbons (Fsp3) is 0.476. The van der Waals surface area contributed by atoms with Gasteiger partial charge in [0.25, 0.3) is 10.0 Å². The molecule has 2 atom stereocenters. The number of hydrogen-bond acceptors (Lipinski definition) is 5. The minimum atomic E-state index is -4.40. The van der Waals surface area contributed by atoms with Gasteiger partial charge in [-0.05, 0) is 58.5 Å².